The van der Waals surface area contributed by atoms with Crippen molar-refractivity contribution in [2.24, 2.45) is 0 Å². The van der Waals surface area contributed by atoms with Gasteiger partial charge in [-0.25, -0.2) is 15.0 Å². The van der Waals surface area contributed by atoms with Crippen LogP contribution < -0.4 is 5.32 Å². The van der Waals surface area contributed by atoms with Crippen LogP contribution in [0.2, 0.25) is 10.3 Å². The molecule has 10 heteroatoms. The highest BCUT2D eigenvalue weighted by atomic mass is 35.5. The quantitative estimate of drug-likeness (QED) is 0.403. The van der Waals surface area contributed by atoms with E-state index in [0.29, 0.717) is 0 Å². The lowest BCUT2D eigenvalue weighted by atomic mass is 10.2. The van der Waals surface area contributed by atoms with Gasteiger partial charge in [-0.15, -0.1) is 0 Å². The molecule has 0 aliphatic carbocycles. The van der Waals surface area contributed by atoms with E-state index in [1.165, 1.54) is 6.07 Å². The molecule has 0 atom stereocenters. The summed E-state index contributed by atoms with van der Waals surface area (Å²) >= 11 is 11.4. The number of aromatic nitrogens is 3. The molecule has 0 aliphatic rings. The summed E-state index contributed by atoms with van der Waals surface area (Å²) in [6.45, 7) is 0. The van der Waals surface area contributed by atoms with Gasteiger partial charge in [0.15, 0.2) is 0 Å². The first-order valence-electron chi connectivity index (χ1n) is 5.06. The van der Waals surface area contributed by atoms with Gasteiger partial charge in [-0.3, -0.25) is 14.9 Å². The summed E-state index contributed by atoms with van der Waals surface area (Å²) < 4.78 is 0. The topological polar surface area (TPSA) is 111 Å². The van der Waals surface area contributed by atoms with E-state index < -0.39 is 10.8 Å². The number of nitrogens with zero attached hydrogens (tertiary/aromatic N) is 4. The van der Waals surface area contributed by atoms with Crippen molar-refractivity contribution in [1.29, 1.82) is 0 Å². The molecule has 0 radical (unpaired) electrons. The minimum atomic E-state index is -0.694. The fraction of sp³-hybridized carbons (Fsp3) is 0. The van der Waals surface area contributed by atoms with Crippen LogP contribution in [-0.2, 0) is 0 Å². The van der Waals surface area contributed by atoms with Crippen molar-refractivity contribution >= 4 is 40.6 Å². The number of amides is 1. The zero-order valence-electron chi connectivity index (χ0n) is 9.58. The molecule has 2 aromatic heterocycles. The fourth-order valence-corrected chi connectivity index (χ4v) is 1.62. The Morgan fingerprint density at radius 3 is 2.65 bits per heavy atom. The molecule has 0 aromatic carbocycles. The van der Waals surface area contributed by atoms with Crippen molar-refractivity contribution in [2.45, 2.75) is 0 Å². The van der Waals surface area contributed by atoms with Crippen LogP contribution in [0.5, 0.6) is 0 Å². The number of halogens is 2. The molecule has 102 valence electrons. The van der Waals surface area contributed by atoms with Crippen molar-refractivity contribution < 1.29 is 9.72 Å². The second kappa shape index (κ2) is 5.76. The third-order valence-electron chi connectivity index (χ3n) is 2.16. The molecule has 2 aromatic rings. The van der Waals surface area contributed by atoms with Gasteiger partial charge in [-0.05, 0) is 0 Å². The van der Waals surface area contributed by atoms with Crippen LogP contribution in [0.3, 0.4) is 0 Å². The molecular formula is C10H5Cl2N5O3. The molecule has 2 rings (SSSR count). The van der Waals surface area contributed by atoms with Gasteiger partial charge < -0.3 is 5.32 Å². The molecule has 0 fully saturated rings. The molecule has 0 unspecified atom stereocenters. The van der Waals surface area contributed by atoms with E-state index in [-0.39, 0.29) is 27.4 Å². The number of nitrogens with one attached hydrogen (secondary N) is 1. The van der Waals surface area contributed by atoms with E-state index in [1.807, 2.05) is 0 Å². The normalized spacial score (nSPS) is 10.1. The average molecular weight is 314 g/mol. The predicted octanol–water partition coefficient (Wildman–Crippen LogP) is 2.34. The lowest BCUT2D eigenvalue weighted by Crippen LogP contribution is -2.14. The largest absolute Gasteiger partial charge is 0.306 e. The third kappa shape index (κ3) is 3.16. The van der Waals surface area contributed by atoms with Gasteiger partial charge in [0.1, 0.15) is 28.6 Å². The summed E-state index contributed by atoms with van der Waals surface area (Å²) in [5.74, 6) is -0.557. The van der Waals surface area contributed by atoms with Crippen molar-refractivity contribution in [2.75, 3.05) is 5.32 Å². The van der Waals surface area contributed by atoms with Crippen molar-refractivity contribution in [1.82, 2.24) is 15.0 Å². The first-order valence-corrected chi connectivity index (χ1v) is 5.82. The fourth-order valence-electron chi connectivity index (χ4n) is 1.28. The van der Waals surface area contributed by atoms with Crippen LogP contribution in [0, 0.1) is 10.1 Å². The van der Waals surface area contributed by atoms with Crippen molar-refractivity contribution in [3.8, 4) is 0 Å². The summed E-state index contributed by atoms with van der Waals surface area (Å²) in [7, 11) is 0. The van der Waals surface area contributed by atoms with E-state index in [9.17, 15) is 14.9 Å². The van der Waals surface area contributed by atoms with E-state index in [1.54, 1.807) is 0 Å². The highest BCUT2D eigenvalue weighted by molar-refractivity contribution is 6.33. The average Bonchev–Trinajstić information content (AvgIpc) is 2.38. The summed E-state index contributed by atoms with van der Waals surface area (Å²) in [5, 5.41) is 13.0. The minimum Gasteiger partial charge on any atom is -0.306 e. The maximum atomic E-state index is 12.0. The van der Waals surface area contributed by atoms with Crippen LogP contribution in [-0.4, -0.2) is 25.8 Å². The van der Waals surface area contributed by atoms with Crippen LogP contribution in [0.4, 0.5) is 11.5 Å². The number of carbonyl (C=O) groups excluding carboxylic acids is 1. The molecule has 0 saturated heterocycles. The second-order valence-corrected chi connectivity index (χ2v) is 4.21. The molecule has 1 amide bonds. The monoisotopic (exact) mass is 313 g/mol. The zero-order valence-corrected chi connectivity index (χ0v) is 11.1. The van der Waals surface area contributed by atoms with Crippen molar-refractivity contribution in [3.05, 3.63) is 50.6 Å². The molecule has 0 saturated carbocycles. The molecule has 8 nitrogen and oxygen atoms in total. The first kappa shape index (κ1) is 14.1. The Bertz CT molecular complexity index is 694. The molecule has 0 aliphatic heterocycles. The highest BCUT2D eigenvalue weighted by Crippen LogP contribution is 2.20. The van der Waals surface area contributed by atoms with Gasteiger partial charge >= 0.3 is 0 Å². The summed E-state index contributed by atoms with van der Waals surface area (Å²) in [5.41, 5.74) is -0.490. The van der Waals surface area contributed by atoms with Crippen LogP contribution in [0.15, 0.2) is 24.7 Å². The Balaban J connectivity index is 2.29. The SMILES string of the molecule is O=C(Nc1cc(Cl)ncn1)c1cc([N+](=O)[O-])cnc1Cl. The number of nitro groups is 1. The van der Waals surface area contributed by atoms with Crippen LogP contribution in [0.1, 0.15) is 10.4 Å². The van der Waals surface area contributed by atoms with Crippen molar-refractivity contribution in [3.63, 3.8) is 0 Å². The minimum absolute atomic E-state index is 0.137. The lowest BCUT2D eigenvalue weighted by molar-refractivity contribution is -0.385. The number of anilines is 1. The number of pyridine rings is 1. The van der Waals surface area contributed by atoms with Gasteiger partial charge in [-0.1, -0.05) is 23.2 Å². The van der Waals surface area contributed by atoms with E-state index in [0.717, 1.165) is 18.6 Å². The van der Waals surface area contributed by atoms with E-state index in [4.69, 9.17) is 23.2 Å². The maximum Gasteiger partial charge on any atom is 0.288 e. The predicted molar refractivity (Wildman–Crippen MR) is 70.9 cm³/mol. The Labute approximate surface area is 121 Å². The van der Waals surface area contributed by atoms with Gasteiger partial charge in [-0.2, -0.15) is 0 Å². The zero-order chi connectivity index (χ0) is 14.7. The Morgan fingerprint density at radius 2 is 2.00 bits per heavy atom. The molecule has 20 heavy (non-hydrogen) atoms. The molecule has 0 spiro atoms. The molecule has 1 N–H and O–H groups in total. The summed E-state index contributed by atoms with van der Waals surface area (Å²) in [4.78, 5) is 32.9. The van der Waals surface area contributed by atoms with Crippen LogP contribution in [0.25, 0.3) is 0 Å². The second-order valence-electron chi connectivity index (χ2n) is 3.47. The molecule has 2 heterocycles. The number of rotatable bonds is 3. The number of hydrogen-bond donors (Lipinski definition) is 1. The third-order valence-corrected chi connectivity index (χ3v) is 2.66. The van der Waals surface area contributed by atoms with E-state index >= 15 is 0 Å². The van der Waals surface area contributed by atoms with Crippen LogP contribution >= 0.6 is 23.2 Å². The smallest absolute Gasteiger partial charge is 0.288 e. The van der Waals surface area contributed by atoms with Gasteiger partial charge in [0.05, 0.1) is 10.5 Å². The number of hydrogen-bond acceptors (Lipinski definition) is 6. The molecule has 0 bridgehead atoms. The van der Waals surface area contributed by atoms with Gasteiger partial charge in [0.2, 0.25) is 0 Å². The number of carbonyl (C=O) groups is 1. The molecular weight excluding hydrogens is 309 g/mol. The Morgan fingerprint density at radius 1 is 1.25 bits per heavy atom. The highest BCUT2D eigenvalue weighted by Gasteiger charge is 2.17. The Hall–Kier alpha value is -2.32. The lowest BCUT2D eigenvalue weighted by Gasteiger charge is -2.05. The summed E-state index contributed by atoms with van der Waals surface area (Å²) in [6, 6.07) is 2.34. The standard InChI is InChI=1S/C10H5Cl2N5O3/c11-7-2-8(15-4-14-7)16-10(18)6-1-5(17(19)20)3-13-9(6)12/h1-4H,(H,14,15,16,18). The van der Waals surface area contributed by atoms with Gasteiger partial charge in [0.25, 0.3) is 11.6 Å². The van der Waals surface area contributed by atoms with Gasteiger partial charge in [0, 0.05) is 12.1 Å². The van der Waals surface area contributed by atoms with E-state index in [2.05, 4.69) is 20.3 Å². The maximum absolute atomic E-state index is 12.0. The Kier molecular flexibility index (Phi) is 4.06. The summed E-state index contributed by atoms with van der Waals surface area (Å²) in [6.07, 6.45) is 2.12. The first-order chi connectivity index (χ1) is 9.47.